The predicted molar refractivity (Wildman–Crippen MR) is 158 cm³/mol. The van der Waals surface area contributed by atoms with E-state index in [9.17, 15) is 0 Å². The van der Waals surface area contributed by atoms with E-state index < -0.39 is 0 Å². The Hall–Kier alpha value is 2.07. The van der Waals surface area contributed by atoms with Gasteiger partial charge in [-0.2, -0.15) is 0 Å². The highest BCUT2D eigenvalue weighted by Crippen LogP contribution is 2.58. The first-order valence-electron chi connectivity index (χ1n) is 8.08. The third-order valence-corrected chi connectivity index (χ3v) is 11.9. The summed E-state index contributed by atoms with van der Waals surface area (Å²) in [5.41, 5.74) is -0.0171. The van der Waals surface area contributed by atoms with E-state index in [-0.39, 0.29) is 97.4 Å². The maximum absolute atomic E-state index is 6.62. The van der Waals surface area contributed by atoms with Crippen molar-refractivity contribution >= 4 is 178 Å². The first kappa shape index (κ1) is 30.6. The fraction of sp³-hybridized carbons (Fsp3) is 0. The van der Waals surface area contributed by atoms with Crippen LogP contribution in [0.1, 0.15) is 16.7 Å². The Morgan fingerprint density at radius 3 is 0.706 bits per heavy atom. The molecule has 3 aromatic rings. The van der Waals surface area contributed by atoms with Crippen molar-refractivity contribution in [3.8, 4) is 0 Å². The average Bonchev–Trinajstić information content (AvgIpc) is 2.81. The molecule has 0 saturated heterocycles. The van der Waals surface area contributed by atoms with Gasteiger partial charge in [0.15, 0.2) is 0 Å². The first-order valence-corrected chi connectivity index (χ1v) is 14.2. The Balaban J connectivity index is 2.68. The van der Waals surface area contributed by atoms with Crippen molar-refractivity contribution in [2.75, 3.05) is 0 Å². The normalized spacial score (nSPS) is 11.4. The van der Waals surface area contributed by atoms with Crippen molar-refractivity contribution in [2.24, 2.45) is 0 Å². The molecule has 0 spiro atoms. The monoisotopic (exact) mass is 796 g/mol. The van der Waals surface area contributed by atoms with E-state index in [1.54, 1.807) is 0 Å². The van der Waals surface area contributed by atoms with Crippen LogP contribution in [0.25, 0.3) is 0 Å². The van der Waals surface area contributed by atoms with E-state index in [1.807, 2.05) is 0 Å². The molecule has 0 unspecified atom stereocenters. The van der Waals surface area contributed by atoms with Crippen LogP contribution in [-0.2, 0) is 0 Å². The van der Waals surface area contributed by atoms with Crippen LogP contribution in [0, 0.1) is 5.92 Å². The van der Waals surface area contributed by atoms with Gasteiger partial charge in [0.05, 0.1) is 40.2 Å². The van der Waals surface area contributed by atoms with Gasteiger partial charge >= 0.3 is 0 Å². The molecule has 0 aliphatic rings. The lowest BCUT2D eigenvalue weighted by molar-refractivity contribution is 1.23. The molecular formula is C19BrCl14-. The van der Waals surface area contributed by atoms with E-state index >= 15 is 0 Å². The molecule has 0 amide bonds. The molecule has 182 valence electrons. The van der Waals surface area contributed by atoms with Gasteiger partial charge in [-0.15, -0.1) is 69.6 Å². The number of rotatable bonds is 3. The minimum atomic E-state index is -0.146. The third kappa shape index (κ3) is 5.03. The number of halogens is 15. The molecule has 0 aliphatic carbocycles. The summed E-state index contributed by atoms with van der Waals surface area (Å²) < 4.78 is 0.225. The van der Waals surface area contributed by atoms with Gasteiger partial charge < -0.3 is 0 Å². The summed E-state index contributed by atoms with van der Waals surface area (Å²) in [6.07, 6.45) is 0. The van der Waals surface area contributed by atoms with Crippen molar-refractivity contribution in [2.45, 2.75) is 0 Å². The van der Waals surface area contributed by atoms with E-state index in [0.717, 1.165) is 0 Å². The summed E-state index contributed by atoms with van der Waals surface area (Å²) in [7, 11) is 0. The summed E-state index contributed by atoms with van der Waals surface area (Å²) in [4.78, 5) is 0. The molecule has 0 N–H and O–H groups in total. The molecule has 34 heavy (non-hydrogen) atoms. The maximum Gasteiger partial charge on any atom is 0.0700 e. The molecule has 0 nitrogen and oxygen atoms in total. The van der Waals surface area contributed by atoms with Crippen LogP contribution in [-0.4, -0.2) is 0 Å². The third-order valence-electron chi connectivity index (χ3n) is 4.38. The molecule has 0 bridgehead atoms. The minimum Gasteiger partial charge on any atom is -0.118 e. The molecular weight excluding hydrogens is 804 g/mol. The van der Waals surface area contributed by atoms with E-state index in [1.165, 1.54) is 0 Å². The van der Waals surface area contributed by atoms with Crippen LogP contribution < -0.4 is 0 Å². The highest BCUT2D eigenvalue weighted by molar-refractivity contribution is 9.10. The molecule has 0 aromatic heterocycles. The van der Waals surface area contributed by atoms with Crippen molar-refractivity contribution in [1.29, 1.82) is 0 Å². The zero-order valence-corrected chi connectivity index (χ0v) is 27.3. The highest BCUT2D eigenvalue weighted by atomic mass is 79.9. The molecule has 3 aromatic carbocycles. The van der Waals surface area contributed by atoms with Crippen LogP contribution in [0.4, 0.5) is 0 Å². The fourth-order valence-corrected chi connectivity index (χ4v) is 7.17. The zero-order valence-electron chi connectivity index (χ0n) is 15.2. The smallest absolute Gasteiger partial charge is 0.0700 e. The van der Waals surface area contributed by atoms with E-state index in [2.05, 4.69) is 15.9 Å². The number of hydrogen-bond donors (Lipinski definition) is 0. The quantitative estimate of drug-likeness (QED) is 0.107. The molecule has 0 saturated carbocycles. The second-order valence-electron chi connectivity index (χ2n) is 6.21. The van der Waals surface area contributed by atoms with Crippen LogP contribution >= 0.6 is 178 Å². The average molecular weight is 804 g/mol. The fourth-order valence-electron chi connectivity index (χ4n) is 2.85. The lowest BCUT2D eigenvalue weighted by Crippen LogP contribution is -2.11. The topological polar surface area (TPSA) is 0 Å². The Morgan fingerprint density at radius 2 is 0.471 bits per heavy atom. The molecule has 3 rings (SSSR count). The highest BCUT2D eigenvalue weighted by Gasteiger charge is 2.32. The molecule has 0 heterocycles. The Labute approximate surface area is 272 Å². The first-order chi connectivity index (χ1) is 15.7. The lowest BCUT2D eigenvalue weighted by atomic mass is 9.84. The maximum atomic E-state index is 6.62. The van der Waals surface area contributed by atoms with Crippen molar-refractivity contribution in [1.82, 2.24) is 0 Å². The van der Waals surface area contributed by atoms with Gasteiger partial charge in [-0.3, -0.25) is 0 Å². The van der Waals surface area contributed by atoms with Crippen LogP contribution in [0.15, 0.2) is 4.47 Å². The number of benzene rings is 3. The SMILES string of the molecule is Clc1c(Cl)c(Cl)c([C-](c2c(Cl)c(Cl)c(Cl)c(Cl)c2Cl)c2c(Cl)c(Cl)c(Br)c(Cl)c2Cl)c(Cl)c1Cl. The van der Waals surface area contributed by atoms with Crippen LogP contribution in [0.2, 0.25) is 70.3 Å². The Bertz CT molecular complexity index is 1110. The molecule has 0 radical (unpaired) electrons. The summed E-state index contributed by atoms with van der Waals surface area (Å²) in [6.45, 7) is 0. The number of hydrogen-bond acceptors (Lipinski definition) is 0. The second-order valence-corrected chi connectivity index (χ2v) is 12.3. The zero-order chi connectivity index (χ0) is 26.0. The van der Waals surface area contributed by atoms with Gasteiger partial charge in [0.1, 0.15) is 0 Å². The summed E-state index contributed by atoms with van der Waals surface area (Å²) in [6, 6.07) is 0. The predicted octanol–water partition coefficient (Wildman–Crippen LogP) is 14.6. The summed E-state index contributed by atoms with van der Waals surface area (Å²) >= 11 is 93.3. The van der Waals surface area contributed by atoms with Gasteiger partial charge in [-0.1, -0.05) is 98.7 Å². The van der Waals surface area contributed by atoms with Gasteiger partial charge in [0, 0.05) is 34.6 Å². The van der Waals surface area contributed by atoms with Crippen LogP contribution in [0.5, 0.6) is 0 Å². The molecule has 0 atom stereocenters. The van der Waals surface area contributed by atoms with Gasteiger partial charge in [0.2, 0.25) is 0 Å². The van der Waals surface area contributed by atoms with Gasteiger partial charge in [0.25, 0.3) is 0 Å². The van der Waals surface area contributed by atoms with E-state index in [4.69, 9.17) is 162 Å². The van der Waals surface area contributed by atoms with Crippen LogP contribution in [0.3, 0.4) is 0 Å². The minimum absolute atomic E-state index is 0.000344. The molecule has 15 heteroatoms. The van der Waals surface area contributed by atoms with Gasteiger partial charge in [-0.05, 0) is 32.6 Å². The summed E-state index contributed by atoms with van der Waals surface area (Å²) in [5.74, 6) is -0.00256. The molecule has 0 aliphatic heterocycles. The Morgan fingerprint density at radius 1 is 0.294 bits per heavy atom. The van der Waals surface area contributed by atoms with Crippen molar-refractivity contribution in [3.05, 3.63) is 97.4 Å². The summed E-state index contributed by atoms with van der Waals surface area (Å²) in [5, 5.41) is -1.49. The second kappa shape index (κ2) is 11.7. The molecule has 0 fully saturated rings. The van der Waals surface area contributed by atoms with Crippen molar-refractivity contribution in [3.63, 3.8) is 0 Å². The van der Waals surface area contributed by atoms with Gasteiger partial charge in [-0.25, -0.2) is 0 Å². The van der Waals surface area contributed by atoms with E-state index in [0.29, 0.717) is 0 Å². The Kier molecular flexibility index (Phi) is 10.5. The standard InChI is InChI=1S/C19BrCl14/c20-5-12(27)6(21)2(7(22)13(5)28)1(3-8(23)14(29)18(33)15(30)9(3)24)4-10(25)16(31)19(34)17(32)11(4)26/q-1. The van der Waals surface area contributed by atoms with Crippen molar-refractivity contribution < 1.29 is 0 Å². The lowest BCUT2D eigenvalue weighted by Gasteiger charge is -2.33. The largest absolute Gasteiger partial charge is 0.118 e.